The Morgan fingerprint density at radius 1 is 0.875 bits per heavy atom. The van der Waals surface area contributed by atoms with Gasteiger partial charge in [-0.05, 0) is 56.2 Å². The highest BCUT2D eigenvalue weighted by Crippen LogP contribution is 2.28. The lowest BCUT2D eigenvalue weighted by atomic mass is 9.95. The minimum absolute atomic E-state index is 0.0452. The van der Waals surface area contributed by atoms with E-state index >= 15 is 0 Å². The zero-order valence-electron chi connectivity index (χ0n) is 22.3. The van der Waals surface area contributed by atoms with E-state index in [0.29, 0.717) is 21.3 Å². The summed E-state index contributed by atoms with van der Waals surface area (Å²) in [6, 6.07) is 20.5. The summed E-state index contributed by atoms with van der Waals surface area (Å²) in [6.07, 6.45) is 5.00. The summed E-state index contributed by atoms with van der Waals surface area (Å²) >= 11 is 12.9. The second-order valence-electron chi connectivity index (χ2n) is 9.90. The molecule has 7 nitrogen and oxygen atoms in total. The van der Waals surface area contributed by atoms with E-state index in [1.165, 1.54) is 17.0 Å². The van der Waals surface area contributed by atoms with Crippen molar-refractivity contribution in [2.75, 3.05) is 10.8 Å². The third kappa shape index (κ3) is 7.16. The van der Waals surface area contributed by atoms with Crippen molar-refractivity contribution in [3.05, 3.63) is 94.5 Å². The molecule has 0 aliphatic heterocycles. The van der Waals surface area contributed by atoms with Gasteiger partial charge in [0.25, 0.3) is 10.0 Å². The van der Waals surface area contributed by atoms with Crippen LogP contribution in [0.1, 0.15) is 44.6 Å². The van der Waals surface area contributed by atoms with E-state index in [1.807, 2.05) is 0 Å². The molecule has 0 bridgehead atoms. The van der Waals surface area contributed by atoms with E-state index in [2.05, 4.69) is 5.32 Å². The van der Waals surface area contributed by atoms with E-state index in [9.17, 15) is 18.0 Å². The summed E-state index contributed by atoms with van der Waals surface area (Å²) in [5, 5.41) is 3.78. The van der Waals surface area contributed by atoms with Crippen molar-refractivity contribution in [1.82, 2.24) is 10.2 Å². The standard InChI is InChI=1S/C30H33Cl2N3O4S/c1-22(30(37)33-23-12-5-2-6-13-23)34(20-26-27(31)18-11-19-28(26)32)29(36)21-35(24-14-7-3-8-15-24)40(38,39)25-16-9-4-10-17-25/h3-4,7-11,14-19,22-23H,2,5-6,12-13,20-21H2,1H3,(H,33,37)/t22-/m0/s1. The average Bonchev–Trinajstić information content (AvgIpc) is 2.96. The second kappa shape index (κ2) is 13.5. The number of hydrogen-bond acceptors (Lipinski definition) is 4. The monoisotopic (exact) mass is 601 g/mol. The first kappa shape index (κ1) is 29.9. The number of benzene rings is 3. The molecule has 212 valence electrons. The Labute approximate surface area is 246 Å². The molecule has 0 spiro atoms. The maximum atomic E-state index is 14.0. The second-order valence-corrected chi connectivity index (χ2v) is 12.6. The fourth-order valence-electron chi connectivity index (χ4n) is 4.85. The Balaban J connectivity index is 1.68. The molecular formula is C30H33Cl2N3O4S. The molecule has 40 heavy (non-hydrogen) atoms. The number of sulfonamides is 1. The first-order valence-corrected chi connectivity index (χ1v) is 15.5. The Morgan fingerprint density at radius 3 is 2.05 bits per heavy atom. The summed E-state index contributed by atoms with van der Waals surface area (Å²) in [7, 11) is -4.11. The molecule has 1 atom stereocenters. The maximum absolute atomic E-state index is 14.0. The topological polar surface area (TPSA) is 86.8 Å². The molecule has 0 saturated heterocycles. The number of carbonyl (C=O) groups is 2. The number of amides is 2. The van der Waals surface area contributed by atoms with Crippen LogP contribution < -0.4 is 9.62 Å². The summed E-state index contributed by atoms with van der Waals surface area (Å²) in [5.41, 5.74) is 0.809. The summed E-state index contributed by atoms with van der Waals surface area (Å²) < 4.78 is 28.6. The van der Waals surface area contributed by atoms with Gasteiger partial charge in [0, 0.05) is 28.2 Å². The van der Waals surface area contributed by atoms with Gasteiger partial charge in [0.1, 0.15) is 12.6 Å². The van der Waals surface area contributed by atoms with Gasteiger partial charge >= 0.3 is 0 Å². The smallest absolute Gasteiger partial charge is 0.264 e. The van der Waals surface area contributed by atoms with Crippen LogP contribution in [0.25, 0.3) is 0 Å². The molecule has 0 aromatic heterocycles. The van der Waals surface area contributed by atoms with E-state index in [-0.39, 0.29) is 23.4 Å². The van der Waals surface area contributed by atoms with E-state index < -0.39 is 28.5 Å². The molecule has 1 fully saturated rings. The first-order valence-electron chi connectivity index (χ1n) is 13.3. The van der Waals surface area contributed by atoms with Gasteiger partial charge in [-0.15, -0.1) is 0 Å². The molecular weight excluding hydrogens is 569 g/mol. The van der Waals surface area contributed by atoms with Crippen LogP contribution in [0.4, 0.5) is 5.69 Å². The minimum atomic E-state index is -4.11. The van der Waals surface area contributed by atoms with Crippen LogP contribution in [0.5, 0.6) is 0 Å². The largest absolute Gasteiger partial charge is 0.352 e. The number of anilines is 1. The average molecular weight is 603 g/mol. The van der Waals surface area contributed by atoms with Crippen molar-refractivity contribution in [3.63, 3.8) is 0 Å². The van der Waals surface area contributed by atoms with Gasteiger partial charge < -0.3 is 10.2 Å². The number of nitrogens with zero attached hydrogens (tertiary/aromatic N) is 2. The summed E-state index contributed by atoms with van der Waals surface area (Å²) in [6.45, 7) is 1.05. The molecule has 3 aromatic carbocycles. The molecule has 4 rings (SSSR count). The molecule has 0 heterocycles. The van der Waals surface area contributed by atoms with Gasteiger partial charge in [0.2, 0.25) is 11.8 Å². The molecule has 2 amide bonds. The molecule has 1 aliphatic carbocycles. The van der Waals surface area contributed by atoms with Gasteiger partial charge in [0.05, 0.1) is 10.6 Å². The van der Waals surface area contributed by atoms with Gasteiger partial charge in [-0.3, -0.25) is 13.9 Å². The van der Waals surface area contributed by atoms with Crippen LogP contribution >= 0.6 is 23.2 Å². The maximum Gasteiger partial charge on any atom is 0.264 e. The van der Waals surface area contributed by atoms with Crippen LogP contribution in [-0.2, 0) is 26.2 Å². The Hall–Kier alpha value is -3.07. The Morgan fingerprint density at radius 2 is 1.45 bits per heavy atom. The third-order valence-corrected chi connectivity index (χ3v) is 9.66. The van der Waals surface area contributed by atoms with Crippen molar-refractivity contribution >= 4 is 50.7 Å². The molecule has 0 radical (unpaired) electrons. The van der Waals surface area contributed by atoms with Crippen molar-refractivity contribution in [1.29, 1.82) is 0 Å². The first-order chi connectivity index (χ1) is 19.2. The number of rotatable bonds is 10. The SMILES string of the molecule is C[C@@H](C(=O)NC1CCCCC1)N(Cc1c(Cl)cccc1Cl)C(=O)CN(c1ccccc1)S(=O)(=O)c1ccccc1. The highest BCUT2D eigenvalue weighted by atomic mass is 35.5. The molecule has 1 aliphatic rings. The van der Waals surface area contributed by atoms with Crippen molar-refractivity contribution < 1.29 is 18.0 Å². The number of hydrogen-bond donors (Lipinski definition) is 1. The predicted molar refractivity (Wildman–Crippen MR) is 159 cm³/mol. The number of nitrogens with one attached hydrogen (secondary N) is 1. The van der Waals surface area contributed by atoms with Crippen LogP contribution in [0.15, 0.2) is 83.8 Å². The fraction of sp³-hybridized carbons (Fsp3) is 0.333. The Kier molecular flexibility index (Phi) is 10.1. The predicted octanol–water partition coefficient (Wildman–Crippen LogP) is 6.05. The van der Waals surface area contributed by atoms with Crippen LogP contribution in [-0.4, -0.2) is 43.8 Å². The summed E-state index contributed by atoms with van der Waals surface area (Å²) in [4.78, 5) is 28.8. The third-order valence-electron chi connectivity index (χ3n) is 7.16. The molecule has 10 heteroatoms. The highest BCUT2D eigenvalue weighted by molar-refractivity contribution is 7.92. The molecule has 0 unspecified atom stereocenters. The zero-order chi connectivity index (χ0) is 28.7. The fourth-order valence-corrected chi connectivity index (χ4v) is 6.80. The van der Waals surface area contributed by atoms with Crippen LogP contribution in [0.3, 0.4) is 0 Å². The van der Waals surface area contributed by atoms with Crippen LogP contribution in [0.2, 0.25) is 10.0 Å². The van der Waals surface area contributed by atoms with Gasteiger partial charge in [0.15, 0.2) is 0 Å². The number of carbonyl (C=O) groups excluding carboxylic acids is 2. The molecule has 1 N–H and O–H groups in total. The lowest BCUT2D eigenvalue weighted by Gasteiger charge is -2.33. The number of halogens is 2. The molecule has 3 aromatic rings. The summed E-state index contributed by atoms with van der Waals surface area (Å²) in [5.74, 6) is -0.869. The van der Waals surface area contributed by atoms with Crippen molar-refractivity contribution in [3.8, 4) is 0 Å². The van der Waals surface area contributed by atoms with Gasteiger partial charge in [-0.25, -0.2) is 8.42 Å². The van der Waals surface area contributed by atoms with Crippen LogP contribution in [0, 0.1) is 0 Å². The van der Waals surface area contributed by atoms with E-state index in [0.717, 1.165) is 36.4 Å². The Bertz CT molecular complexity index is 1400. The van der Waals surface area contributed by atoms with E-state index in [4.69, 9.17) is 23.2 Å². The van der Waals surface area contributed by atoms with Gasteiger partial charge in [-0.1, -0.05) is 84.9 Å². The lowest BCUT2D eigenvalue weighted by molar-refractivity contribution is -0.139. The van der Waals surface area contributed by atoms with Crippen molar-refractivity contribution in [2.24, 2.45) is 0 Å². The quantitative estimate of drug-likeness (QED) is 0.306. The van der Waals surface area contributed by atoms with Crippen molar-refractivity contribution in [2.45, 2.75) is 62.6 Å². The highest BCUT2D eigenvalue weighted by Gasteiger charge is 2.33. The zero-order valence-corrected chi connectivity index (χ0v) is 24.6. The van der Waals surface area contributed by atoms with E-state index in [1.54, 1.807) is 73.7 Å². The minimum Gasteiger partial charge on any atom is -0.352 e. The number of para-hydroxylation sites is 1. The normalized spacial score (nSPS) is 14.8. The molecule has 1 saturated carbocycles. The van der Waals surface area contributed by atoms with Gasteiger partial charge in [-0.2, -0.15) is 0 Å². The lowest BCUT2D eigenvalue weighted by Crippen LogP contribution is -2.53.